The Morgan fingerprint density at radius 1 is 1.67 bits per heavy atom. The Balaban J connectivity index is 3.01. The number of halogens is 1. The van der Waals surface area contributed by atoms with Gasteiger partial charge in [-0.2, -0.15) is 0 Å². The van der Waals surface area contributed by atoms with E-state index in [1.807, 2.05) is 0 Å². The Bertz CT molecular complexity index is 207. The Hall–Kier alpha value is 0.360. The zero-order valence-corrected chi connectivity index (χ0v) is 8.41. The molecule has 1 aromatic rings. The molecular formula is C6H8INS. The monoisotopic (exact) mass is 253 g/mol. The fraction of sp³-hybridized carbons (Fsp3) is 0.500. The molecule has 3 heteroatoms. The molecule has 0 saturated heterocycles. The van der Waals surface area contributed by atoms with Crippen LogP contribution in [-0.4, -0.2) is 4.98 Å². The van der Waals surface area contributed by atoms with Crippen LogP contribution in [0, 0.1) is 9.94 Å². The molecule has 0 aromatic carbocycles. The smallest absolute Gasteiger partial charge is 0.154 e. The second-order valence-electron chi connectivity index (χ2n) is 1.82. The summed E-state index contributed by atoms with van der Waals surface area (Å²) in [5, 5.41) is 0. The van der Waals surface area contributed by atoms with Gasteiger partial charge in [-0.25, -0.2) is 4.98 Å². The van der Waals surface area contributed by atoms with E-state index in [1.54, 1.807) is 11.3 Å². The van der Waals surface area contributed by atoms with Gasteiger partial charge in [0.2, 0.25) is 0 Å². The van der Waals surface area contributed by atoms with Gasteiger partial charge in [-0.3, -0.25) is 0 Å². The van der Waals surface area contributed by atoms with Gasteiger partial charge in [-0.15, -0.1) is 11.3 Å². The minimum atomic E-state index is 1.06. The van der Waals surface area contributed by atoms with Crippen molar-refractivity contribution in [2.75, 3.05) is 0 Å². The molecule has 0 saturated carbocycles. The van der Waals surface area contributed by atoms with Crippen molar-refractivity contribution in [3.8, 4) is 0 Å². The molecular weight excluding hydrogens is 245 g/mol. The van der Waals surface area contributed by atoms with Gasteiger partial charge < -0.3 is 0 Å². The molecule has 1 nitrogen and oxygen atoms in total. The van der Waals surface area contributed by atoms with Crippen LogP contribution in [0.25, 0.3) is 0 Å². The second-order valence-corrected chi connectivity index (χ2v) is 4.78. The molecule has 1 rings (SSSR count). The summed E-state index contributed by atoms with van der Waals surface area (Å²) in [5.74, 6) is 0. The van der Waals surface area contributed by atoms with E-state index in [0.29, 0.717) is 0 Å². The summed E-state index contributed by atoms with van der Waals surface area (Å²) in [4.78, 5) is 5.70. The van der Waals surface area contributed by atoms with Crippen LogP contribution >= 0.6 is 33.9 Å². The first-order valence-corrected chi connectivity index (χ1v) is 4.75. The van der Waals surface area contributed by atoms with Crippen LogP contribution in [-0.2, 0) is 6.42 Å². The van der Waals surface area contributed by atoms with E-state index >= 15 is 0 Å². The molecule has 50 valence electrons. The molecule has 0 N–H and O–H groups in total. The van der Waals surface area contributed by atoms with Crippen LogP contribution in [0.2, 0.25) is 0 Å². The van der Waals surface area contributed by atoms with E-state index in [4.69, 9.17) is 0 Å². The van der Waals surface area contributed by atoms with Gasteiger partial charge in [0.25, 0.3) is 0 Å². The number of hydrogen-bond donors (Lipinski definition) is 0. The Morgan fingerprint density at radius 2 is 2.33 bits per heavy atom. The molecule has 0 aliphatic carbocycles. The highest BCUT2D eigenvalue weighted by molar-refractivity contribution is 14.1. The highest BCUT2D eigenvalue weighted by Gasteiger charge is 2.00. The third-order valence-electron chi connectivity index (χ3n) is 1.20. The highest BCUT2D eigenvalue weighted by atomic mass is 127. The fourth-order valence-electron chi connectivity index (χ4n) is 0.721. The lowest BCUT2D eigenvalue weighted by Crippen LogP contribution is -1.80. The first kappa shape index (κ1) is 7.47. The van der Waals surface area contributed by atoms with E-state index in [2.05, 4.69) is 41.4 Å². The summed E-state index contributed by atoms with van der Waals surface area (Å²) >= 11 is 4.03. The first-order chi connectivity index (χ1) is 4.24. The number of rotatable bonds is 1. The predicted molar refractivity (Wildman–Crippen MR) is 48.9 cm³/mol. The molecule has 0 radical (unpaired) electrons. The molecule has 0 unspecified atom stereocenters. The Kier molecular flexibility index (Phi) is 2.46. The zero-order valence-electron chi connectivity index (χ0n) is 5.44. The van der Waals surface area contributed by atoms with Crippen molar-refractivity contribution in [2.24, 2.45) is 0 Å². The number of hydrogen-bond acceptors (Lipinski definition) is 2. The third kappa shape index (κ3) is 1.64. The molecule has 0 spiro atoms. The molecule has 1 heterocycles. The van der Waals surface area contributed by atoms with Crippen molar-refractivity contribution in [2.45, 2.75) is 20.3 Å². The largest absolute Gasteiger partial charge is 0.235 e. The van der Waals surface area contributed by atoms with Gasteiger partial charge in [-0.05, 0) is 35.9 Å². The van der Waals surface area contributed by atoms with Crippen molar-refractivity contribution >= 4 is 33.9 Å². The topological polar surface area (TPSA) is 12.9 Å². The molecule has 9 heavy (non-hydrogen) atoms. The van der Waals surface area contributed by atoms with Crippen LogP contribution in [0.5, 0.6) is 0 Å². The van der Waals surface area contributed by atoms with Gasteiger partial charge in [-0.1, -0.05) is 6.92 Å². The number of aryl methyl sites for hydroxylation is 2. The molecule has 0 aliphatic rings. The minimum absolute atomic E-state index is 1.06. The van der Waals surface area contributed by atoms with Gasteiger partial charge in [0.15, 0.2) is 3.01 Å². The van der Waals surface area contributed by atoms with Crippen LogP contribution in [0.4, 0.5) is 0 Å². The van der Waals surface area contributed by atoms with Gasteiger partial charge in [0, 0.05) is 4.88 Å². The van der Waals surface area contributed by atoms with Gasteiger partial charge in [0.1, 0.15) is 0 Å². The van der Waals surface area contributed by atoms with Crippen molar-refractivity contribution < 1.29 is 0 Å². The number of nitrogens with zero attached hydrogens (tertiary/aromatic N) is 1. The molecule has 0 fully saturated rings. The molecule has 0 aliphatic heterocycles. The Morgan fingerprint density at radius 3 is 2.56 bits per heavy atom. The van der Waals surface area contributed by atoms with Crippen molar-refractivity contribution in [1.82, 2.24) is 4.98 Å². The molecule has 1 aromatic heterocycles. The average Bonchev–Trinajstić information content (AvgIpc) is 2.10. The summed E-state index contributed by atoms with van der Waals surface area (Å²) < 4.78 is 1.15. The Labute approximate surface area is 72.6 Å². The maximum atomic E-state index is 4.33. The second kappa shape index (κ2) is 2.96. The van der Waals surface area contributed by atoms with E-state index in [9.17, 15) is 0 Å². The van der Waals surface area contributed by atoms with Gasteiger partial charge >= 0.3 is 0 Å². The number of thiazole rings is 1. The highest BCUT2D eigenvalue weighted by Crippen LogP contribution is 2.18. The summed E-state index contributed by atoms with van der Waals surface area (Å²) in [6.07, 6.45) is 1.06. The SMILES string of the molecule is CCc1nc(I)sc1C. The third-order valence-corrected chi connectivity index (χ3v) is 2.90. The quantitative estimate of drug-likeness (QED) is 0.701. The maximum absolute atomic E-state index is 4.33. The van der Waals surface area contributed by atoms with Gasteiger partial charge in [0.05, 0.1) is 5.69 Å². The molecule has 0 amide bonds. The van der Waals surface area contributed by atoms with E-state index in [-0.39, 0.29) is 0 Å². The number of aromatic nitrogens is 1. The molecule has 0 atom stereocenters. The van der Waals surface area contributed by atoms with E-state index in [0.717, 1.165) is 9.44 Å². The van der Waals surface area contributed by atoms with E-state index in [1.165, 1.54) is 10.6 Å². The molecule has 0 bridgehead atoms. The lowest BCUT2D eigenvalue weighted by molar-refractivity contribution is 1.04. The van der Waals surface area contributed by atoms with E-state index < -0.39 is 0 Å². The van der Waals surface area contributed by atoms with Crippen LogP contribution in [0.1, 0.15) is 17.5 Å². The van der Waals surface area contributed by atoms with Crippen LogP contribution < -0.4 is 0 Å². The lowest BCUT2D eigenvalue weighted by atomic mass is 10.3. The van der Waals surface area contributed by atoms with Crippen molar-refractivity contribution in [1.29, 1.82) is 0 Å². The first-order valence-electron chi connectivity index (χ1n) is 2.86. The summed E-state index contributed by atoms with van der Waals surface area (Å²) in [6, 6.07) is 0. The average molecular weight is 253 g/mol. The zero-order chi connectivity index (χ0) is 6.85. The van der Waals surface area contributed by atoms with Crippen molar-refractivity contribution in [3.63, 3.8) is 0 Å². The summed E-state index contributed by atoms with van der Waals surface area (Å²) in [6.45, 7) is 4.26. The minimum Gasteiger partial charge on any atom is -0.235 e. The van der Waals surface area contributed by atoms with Crippen LogP contribution in [0.3, 0.4) is 0 Å². The fourth-order valence-corrected chi connectivity index (χ4v) is 2.72. The standard InChI is InChI=1S/C6H8INS/c1-3-5-4(2)9-6(7)8-5/h3H2,1-2H3. The predicted octanol–water partition coefficient (Wildman–Crippen LogP) is 2.62. The summed E-state index contributed by atoms with van der Waals surface area (Å²) in [7, 11) is 0. The van der Waals surface area contributed by atoms with Crippen molar-refractivity contribution in [3.05, 3.63) is 13.6 Å². The normalized spacial score (nSPS) is 10.1. The summed E-state index contributed by atoms with van der Waals surface area (Å²) in [5.41, 5.74) is 1.25. The van der Waals surface area contributed by atoms with Crippen LogP contribution in [0.15, 0.2) is 0 Å². The maximum Gasteiger partial charge on any atom is 0.154 e. The lowest BCUT2D eigenvalue weighted by Gasteiger charge is -1.85.